The molecule has 1 rings (SSSR count). The first-order valence-electron chi connectivity index (χ1n) is 5.76. The van der Waals surface area contributed by atoms with Crippen molar-refractivity contribution in [3.05, 3.63) is 47.1 Å². The van der Waals surface area contributed by atoms with Crippen molar-refractivity contribution in [2.24, 2.45) is 0 Å². The molecule has 88 valence electrons. The molecule has 0 saturated carbocycles. The zero-order chi connectivity index (χ0) is 12.2. The number of rotatable bonds is 3. The molecule has 0 heterocycles. The van der Waals surface area contributed by atoms with Crippen LogP contribution < -0.4 is 18.9 Å². The monoisotopic (exact) mass is 239 g/mol. The van der Waals surface area contributed by atoms with Gasteiger partial charge in [0.05, 0.1) is 0 Å². The molecule has 0 saturated heterocycles. The van der Waals surface area contributed by atoms with Crippen LogP contribution in [0.25, 0.3) is 11.1 Å². The summed E-state index contributed by atoms with van der Waals surface area (Å²) in [6.45, 7) is 11.4. The molecule has 17 heavy (non-hydrogen) atoms. The van der Waals surface area contributed by atoms with Crippen LogP contribution in [0.15, 0.2) is 36.5 Å². The first-order valence-corrected chi connectivity index (χ1v) is 8.71. The average Bonchev–Trinajstić information content (AvgIpc) is 2.17. The van der Waals surface area contributed by atoms with E-state index < -0.39 is 8.24 Å². The number of benzene rings is 1. The molecule has 1 nitrogen and oxygen atoms in total. The first-order chi connectivity index (χ1) is 7.33. The number of nitrogens with zero attached hydrogens (tertiary/aromatic N) is 1. The molecular weight excluding hydrogens is 217 g/mol. The third-order valence-corrected chi connectivity index (χ3v) is 7.76. The summed E-state index contributed by atoms with van der Waals surface area (Å²) in [7, 11) is -1.52. The molecule has 0 radical (unpaired) electrons. The Kier molecular flexibility index (Phi) is 6.33. The second-order valence-corrected chi connectivity index (χ2v) is 10.5. The zero-order valence-electron chi connectivity index (χ0n) is 12.0. The normalized spacial score (nSPS) is 12.3. The van der Waals surface area contributed by atoms with Crippen LogP contribution in [0.1, 0.15) is 26.3 Å². The van der Waals surface area contributed by atoms with Gasteiger partial charge in [0.1, 0.15) is 0 Å². The van der Waals surface area contributed by atoms with E-state index >= 15 is 0 Å². The van der Waals surface area contributed by atoms with Crippen LogP contribution in [0, 0.1) is 0 Å². The fourth-order valence-electron chi connectivity index (χ4n) is 1.07. The van der Waals surface area contributed by atoms with Gasteiger partial charge in [-0.1, -0.05) is 75.3 Å². The summed E-state index contributed by atoms with van der Waals surface area (Å²) >= 11 is 0. The minimum absolute atomic E-state index is 0. The Morgan fingerprint density at radius 1 is 1.06 bits per heavy atom. The summed E-state index contributed by atoms with van der Waals surface area (Å²) in [5.41, 5.74) is 1.21. The molecule has 0 bridgehead atoms. The Morgan fingerprint density at radius 3 is 2.06 bits per heavy atom. The van der Waals surface area contributed by atoms with Gasteiger partial charge in [0.25, 0.3) is 0 Å². The van der Waals surface area contributed by atoms with E-state index in [4.69, 9.17) is 4.98 Å². The molecular formula is C14H22LiNSi. The van der Waals surface area contributed by atoms with Crippen molar-refractivity contribution >= 4 is 14.3 Å². The van der Waals surface area contributed by atoms with Gasteiger partial charge in [-0.15, -0.1) is 0 Å². The standard InChI is InChI=1S/C14H22NSi.Li/c1-14(2,3)16(4,5)15-12-11-13-9-7-6-8-10-13;/h6-12H,1-5H3;/q-1;+1/b12-11+;. The first kappa shape index (κ1) is 16.6. The van der Waals surface area contributed by atoms with Crippen molar-refractivity contribution in [1.82, 2.24) is 0 Å². The predicted molar refractivity (Wildman–Crippen MR) is 76.0 cm³/mol. The third kappa shape index (κ3) is 5.16. The fourth-order valence-corrected chi connectivity index (χ4v) is 1.90. The summed E-state index contributed by atoms with van der Waals surface area (Å²) in [6, 6.07) is 10.3. The van der Waals surface area contributed by atoms with E-state index in [1.165, 1.54) is 5.56 Å². The molecule has 0 amide bonds. The molecule has 1 aromatic carbocycles. The number of hydrogen-bond acceptors (Lipinski definition) is 0. The van der Waals surface area contributed by atoms with Crippen molar-refractivity contribution in [1.29, 1.82) is 0 Å². The summed E-state index contributed by atoms with van der Waals surface area (Å²) in [5.74, 6) is 0. The Morgan fingerprint density at radius 2 is 1.59 bits per heavy atom. The Hall–Kier alpha value is -0.426. The predicted octanol–water partition coefficient (Wildman–Crippen LogP) is 2.04. The van der Waals surface area contributed by atoms with Gasteiger partial charge in [0.15, 0.2) is 0 Å². The van der Waals surface area contributed by atoms with Gasteiger partial charge in [0.2, 0.25) is 0 Å². The second kappa shape index (κ2) is 6.49. The van der Waals surface area contributed by atoms with Crippen molar-refractivity contribution in [3.8, 4) is 0 Å². The zero-order valence-corrected chi connectivity index (χ0v) is 13.0. The van der Waals surface area contributed by atoms with Gasteiger partial charge in [-0.2, -0.15) is 6.20 Å². The van der Waals surface area contributed by atoms with E-state index in [9.17, 15) is 0 Å². The molecule has 0 aliphatic heterocycles. The van der Waals surface area contributed by atoms with Crippen LogP contribution in [0.2, 0.25) is 18.1 Å². The Balaban J connectivity index is 0.00000256. The van der Waals surface area contributed by atoms with Gasteiger partial charge >= 0.3 is 18.9 Å². The van der Waals surface area contributed by atoms with E-state index in [1.54, 1.807) is 0 Å². The van der Waals surface area contributed by atoms with Crippen LogP contribution in [-0.2, 0) is 0 Å². The molecule has 0 N–H and O–H groups in total. The SMILES string of the molecule is CC(C)(C)[Si](C)(C)[N-]/C=C/c1ccccc1.[Li+]. The van der Waals surface area contributed by atoms with Crippen LogP contribution in [0.5, 0.6) is 0 Å². The van der Waals surface area contributed by atoms with E-state index in [-0.39, 0.29) is 18.9 Å². The molecule has 0 aliphatic carbocycles. The van der Waals surface area contributed by atoms with Gasteiger partial charge in [-0.3, -0.25) is 0 Å². The maximum Gasteiger partial charge on any atom is 1.00 e. The summed E-state index contributed by atoms with van der Waals surface area (Å²) in [4.78, 5) is 4.78. The van der Waals surface area contributed by atoms with Crippen LogP contribution >= 0.6 is 0 Å². The van der Waals surface area contributed by atoms with Gasteiger partial charge in [-0.05, 0) is 13.8 Å². The molecule has 0 aliphatic rings. The summed E-state index contributed by atoms with van der Waals surface area (Å²) < 4.78 is 0. The second-order valence-electron chi connectivity index (χ2n) is 5.66. The largest absolute Gasteiger partial charge is 1.00 e. The smallest absolute Gasteiger partial charge is 0.693 e. The van der Waals surface area contributed by atoms with E-state index in [0.717, 1.165) is 0 Å². The topological polar surface area (TPSA) is 14.1 Å². The van der Waals surface area contributed by atoms with E-state index in [2.05, 4.69) is 52.1 Å². The van der Waals surface area contributed by atoms with Crippen LogP contribution in [-0.4, -0.2) is 8.24 Å². The van der Waals surface area contributed by atoms with E-state index in [0.29, 0.717) is 5.04 Å². The molecule has 0 unspecified atom stereocenters. The van der Waals surface area contributed by atoms with Crippen LogP contribution in [0.4, 0.5) is 0 Å². The number of hydrogen-bond donors (Lipinski definition) is 0. The molecule has 0 atom stereocenters. The van der Waals surface area contributed by atoms with Crippen LogP contribution in [0.3, 0.4) is 0 Å². The van der Waals surface area contributed by atoms with Crippen molar-refractivity contribution in [3.63, 3.8) is 0 Å². The maximum absolute atomic E-state index is 4.78. The molecule has 1 aromatic rings. The quantitative estimate of drug-likeness (QED) is 0.717. The molecule has 0 spiro atoms. The molecule has 3 heteroatoms. The van der Waals surface area contributed by atoms with Gasteiger partial charge < -0.3 is 4.98 Å². The fraction of sp³-hybridized carbons (Fsp3) is 0.429. The van der Waals surface area contributed by atoms with E-state index in [1.807, 2.05) is 24.4 Å². The minimum atomic E-state index is -1.52. The maximum atomic E-state index is 4.78. The van der Waals surface area contributed by atoms with Crippen molar-refractivity contribution in [2.45, 2.75) is 38.9 Å². The summed E-state index contributed by atoms with van der Waals surface area (Å²) in [6.07, 6.45) is 4.06. The minimum Gasteiger partial charge on any atom is -0.693 e. The van der Waals surface area contributed by atoms with Gasteiger partial charge in [0, 0.05) is 0 Å². The van der Waals surface area contributed by atoms with Crippen molar-refractivity contribution < 1.29 is 18.9 Å². The Labute approximate surface area is 119 Å². The third-order valence-electron chi connectivity index (χ3n) is 3.30. The average molecular weight is 239 g/mol. The summed E-state index contributed by atoms with van der Waals surface area (Å²) in [5, 5.41) is 0.314. The molecule has 0 aromatic heterocycles. The van der Waals surface area contributed by atoms with Crippen molar-refractivity contribution in [2.75, 3.05) is 0 Å². The van der Waals surface area contributed by atoms with Gasteiger partial charge in [-0.25, -0.2) is 0 Å². The Bertz CT molecular complexity index is 352. The molecule has 0 fully saturated rings.